The molecule has 7 heteroatoms. The number of sulfonamides is 1. The zero-order valence-corrected chi connectivity index (χ0v) is 16.3. The van der Waals surface area contributed by atoms with Gasteiger partial charge in [-0.05, 0) is 36.6 Å². The van der Waals surface area contributed by atoms with Gasteiger partial charge < -0.3 is 4.74 Å². The van der Waals surface area contributed by atoms with Gasteiger partial charge in [0.1, 0.15) is 6.61 Å². The van der Waals surface area contributed by atoms with Crippen molar-refractivity contribution < 1.29 is 17.9 Å². The smallest absolute Gasteiger partial charge is 0.243 e. The highest BCUT2D eigenvalue weighted by atomic mass is 32.2. The molecule has 1 saturated heterocycles. The molecule has 0 spiro atoms. The van der Waals surface area contributed by atoms with Crippen LogP contribution in [0.15, 0.2) is 53.4 Å². The summed E-state index contributed by atoms with van der Waals surface area (Å²) in [4.78, 5) is 12.3. The van der Waals surface area contributed by atoms with E-state index in [0.717, 1.165) is 19.3 Å². The summed E-state index contributed by atoms with van der Waals surface area (Å²) in [7, 11) is -3.59. The second-order valence-electron chi connectivity index (χ2n) is 6.68. The Morgan fingerprint density at radius 2 is 1.79 bits per heavy atom. The first kappa shape index (κ1) is 20.2. The largest absolute Gasteiger partial charge is 0.369 e. The number of hydrogen-bond donors (Lipinski definition) is 0. The molecule has 3 rings (SSSR count). The van der Waals surface area contributed by atoms with E-state index in [9.17, 15) is 18.5 Å². The molecule has 0 bridgehead atoms. The van der Waals surface area contributed by atoms with Gasteiger partial charge in [-0.2, -0.15) is 9.57 Å². The first-order chi connectivity index (χ1) is 13.5. The van der Waals surface area contributed by atoms with Crippen molar-refractivity contribution in [3.8, 4) is 6.07 Å². The summed E-state index contributed by atoms with van der Waals surface area (Å²) >= 11 is 0. The van der Waals surface area contributed by atoms with Gasteiger partial charge >= 0.3 is 0 Å². The number of nitriles is 1. The Morgan fingerprint density at radius 3 is 2.46 bits per heavy atom. The lowest BCUT2D eigenvalue weighted by atomic mass is 10.1. The Bertz CT molecular complexity index is 975. The summed E-state index contributed by atoms with van der Waals surface area (Å²) in [5.74, 6) is -0.170. The molecule has 1 fully saturated rings. The van der Waals surface area contributed by atoms with E-state index in [1.54, 1.807) is 24.3 Å². The number of carbonyl (C=O) groups excluding carboxylic acids is 1. The van der Waals surface area contributed by atoms with Gasteiger partial charge in [0.25, 0.3) is 0 Å². The molecule has 0 aliphatic carbocycles. The Morgan fingerprint density at radius 1 is 1.07 bits per heavy atom. The minimum Gasteiger partial charge on any atom is -0.369 e. The maximum Gasteiger partial charge on any atom is 0.243 e. The normalized spacial score (nSPS) is 15.1. The summed E-state index contributed by atoms with van der Waals surface area (Å²) in [6, 6.07) is 15.3. The maximum atomic E-state index is 12.9. The Balaban J connectivity index is 1.72. The molecule has 1 heterocycles. The van der Waals surface area contributed by atoms with Crippen molar-refractivity contribution >= 4 is 15.8 Å². The van der Waals surface area contributed by atoms with E-state index >= 15 is 0 Å². The number of rotatable bonds is 7. The molecule has 2 aromatic rings. The topological polar surface area (TPSA) is 87.5 Å². The van der Waals surface area contributed by atoms with E-state index in [1.165, 1.54) is 22.5 Å². The van der Waals surface area contributed by atoms with Crippen molar-refractivity contribution in [3.05, 3.63) is 65.2 Å². The van der Waals surface area contributed by atoms with Crippen molar-refractivity contribution in [2.24, 2.45) is 0 Å². The maximum absolute atomic E-state index is 12.9. The second kappa shape index (κ2) is 9.11. The highest BCUT2D eigenvalue weighted by molar-refractivity contribution is 7.89. The van der Waals surface area contributed by atoms with Crippen molar-refractivity contribution in [1.29, 1.82) is 5.26 Å². The van der Waals surface area contributed by atoms with Crippen LogP contribution < -0.4 is 0 Å². The average Bonchev–Trinajstić information content (AvgIpc) is 2.74. The molecule has 0 atom stereocenters. The number of Topliss-reactive ketones (excluding diaryl/α,β-unsaturated/α-hetero) is 1. The number of piperidine rings is 1. The molecule has 0 N–H and O–H groups in total. The molecule has 0 saturated carbocycles. The first-order valence-corrected chi connectivity index (χ1v) is 10.7. The average molecular weight is 398 g/mol. The molecule has 0 aromatic heterocycles. The standard InChI is InChI=1S/C21H22N2O4S/c22-14-18-9-10-20(28(25,26)23-11-5-2-6-12-23)13-19(18)15-27-16-21(24)17-7-3-1-4-8-17/h1,3-4,7-10,13H,2,5-6,11-12,15-16H2. The molecule has 1 aliphatic rings. The molecule has 28 heavy (non-hydrogen) atoms. The Hall–Kier alpha value is -2.53. The van der Waals surface area contributed by atoms with Crippen LogP contribution in [0.4, 0.5) is 0 Å². The third-order valence-corrected chi connectivity index (χ3v) is 6.63. The SMILES string of the molecule is N#Cc1ccc(S(=O)(=O)N2CCCCC2)cc1COCC(=O)c1ccccc1. The number of carbonyl (C=O) groups is 1. The summed E-state index contributed by atoms with van der Waals surface area (Å²) in [5.41, 5.74) is 1.34. The number of nitrogens with zero attached hydrogens (tertiary/aromatic N) is 2. The monoisotopic (exact) mass is 398 g/mol. The van der Waals surface area contributed by atoms with Crippen molar-refractivity contribution in [1.82, 2.24) is 4.31 Å². The zero-order valence-electron chi connectivity index (χ0n) is 15.5. The van der Waals surface area contributed by atoms with Gasteiger partial charge in [-0.1, -0.05) is 36.8 Å². The lowest BCUT2D eigenvalue weighted by Crippen LogP contribution is -2.35. The third kappa shape index (κ3) is 4.65. The molecule has 146 valence electrons. The number of ether oxygens (including phenoxy) is 1. The van der Waals surface area contributed by atoms with Gasteiger partial charge in [0.05, 0.1) is 23.1 Å². The summed E-state index contributed by atoms with van der Waals surface area (Å²) in [6.45, 7) is 0.877. The molecule has 0 unspecified atom stereocenters. The van der Waals surface area contributed by atoms with Gasteiger partial charge in [0.2, 0.25) is 10.0 Å². The van der Waals surface area contributed by atoms with Crippen LogP contribution in [0.25, 0.3) is 0 Å². The quantitative estimate of drug-likeness (QED) is 0.669. The number of ketones is 1. The van der Waals surface area contributed by atoms with Gasteiger partial charge in [-0.25, -0.2) is 8.42 Å². The van der Waals surface area contributed by atoms with Crippen molar-refractivity contribution in [3.63, 3.8) is 0 Å². The molecule has 0 radical (unpaired) electrons. The number of benzene rings is 2. The van der Waals surface area contributed by atoms with E-state index in [1.807, 2.05) is 6.07 Å². The fourth-order valence-corrected chi connectivity index (χ4v) is 4.74. The van der Waals surface area contributed by atoms with E-state index in [-0.39, 0.29) is 23.9 Å². The van der Waals surface area contributed by atoms with Crippen LogP contribution in [-0.4, -0.2) is 38.2 Å². The van der Waals surface area contributed by atoms with Crippen molar-refractivity contribution in [2.45, 2.75) is 30.8 Å². The molecule has 0 amide bonds. The zero-order chi connectivity index (χ0) is 20.0. The lowest BCUT2D eigenvalue weighted by molar-refractivity contribution is 0.0726. The minimum atomic E-state index is -3.59. The third-order valence-electron chi connectivity index (χ3n) is 4.74. The van der Waals surface area contributed by atoms with Gasteiger partial charge in [-0.15, -0.1) is 0 Å². The second-order valence-corrected chi connectivity index (χ2v) is 8.62. The van der Waals surface area contributed by atoms with Gasteiger partial charge in [0.15, 0.2) is 5.78 Å². The van der Waals surface area contributed by atoms with Crippen LogP contribution in [0.3, 0.4) is 0 Å². The van der Waals surface area contributed by atoms with Crippen LogP contribution in [-0.2, 0) is 21.4 Å². The van der Waals surface area contributed by atoms with Gasteiger partial charge in [-0.3, -0.25) is 4.79 Å². The molecular formula is C21H22N2O4S. The van der Waals surface area contributed by atoms with Crippen molar-refractivity contribution in [2.75, 3.05) is 19.7 Å². The van der Waals surface area contributed by atoms with Crippen LogP contribution in [0, 0.1) is 11.3 Å². The number of hydrogen-bond acceptors (Lipinski definition) is 5. The van der Waals surface area contributed by atoms with Crippen LogP contribution in [0.1, 0.15) is 40.7 Å². The highest BCUT2D eigenvalue weighted by Gasteiger charge is 2.26. The van der Waals surface area contributed by atoms with E-state index in [4.69, 9.17) is 4.74 Å². The van der Waals surface area contributed by atoms with Crippen LogP contribution >= 0.6 is 0 Å². The first-order valence-electron chi connectivity index (χ1n) is 9.21. The highest BCUT2D eigenvalue weighted by Crippen LogP contribution is 2.23. The van der Waals surface area contributed by atoms with Gasteiger partial charge in [0, 0.05) is 18.7 Å². The fourth-order valence-electron chi connectivity index (χ4n) is 3.17. The Kier molecular flexibility index (Phi) is 6.57. The van der Waals surface area contributed by atoms with E-state index < -0.39 is 10.0 Å². The summed E-state index contributed by atoms with van der Waals surface area (Å²) in [6.07, 6.45) is 2.74. The molecule has 6 nitrogen and oxygen atoms in total. The molecule has 1 aliphatic heterocycles. The minimum absolute atomic E-state index is 0.00910. The predicted octanol–water partition coefficient (Wildman–Crippen LogP) is 3.13. The van der Waals surface area contributed by atoms with Crippen LogP contribution in [0.2, 0.25) is 0 Å². The fraction of sp³-hybridized carbons (Fsp3) is 0.333. The van der Waals surface area contributed by atoms with Crippen LogP contribution in [0.5, 0.6) is 0 Å². The Labute approximate surface area is 165 Å². The molecular weight excluding hydrogens is 376 g/mol. The predicted molar refractivity (Wildman–Crippen MR) is 104 cm³/mol. The summed E-state index contributed by atoms with van der Waals surface area (Å²) < 4.78 is 32.7. The van der Waals surface area contributed by atoms with E-state index in [0.29, 0.717) is 29.8 Å². The summed E-state index contributed by atoms with van der Waals surface area (Å²) in [5, 5.41) is 9.32. The lowest BCUT2D eigenvalue weighted by Gasteiger charge is -2.26. The molecule has 2 aromatic carbocycles. The van der Waals surface area contributed by atoms with E-state index in [2.05, 4.69) is 6.07 Å².